The first-order valence-electron chi connectivity index (χ1n) is 8.14. The SMILES string of the molecule is O=C(NC(CC(F)F)C(=O)O)c1ccccc1S(=O)(=O)N1CCCCC1. The van der Waals surface area contributed by atoms with E-state index in [-0.39, 0.29) is 10.5 Å². The minimum absolute atomic E-state index is 0.263. The van der Waals surface area contributed by atoms with Crippen molar-refractivity contribution in [1.82, 2.24) is 9.62 Å². The number of carbonyl (C=O) groups excluding carboxylic acids is 1. The van der Waals surface area contributed by atoms with Crippen LogP contribution < -0.4 is 5.32 Å². The summed E-state index contributed by atoms with van der Waals surface area (Å²) in [6.45, 7) is 0.669. The lowest BCUT2D eigenvalue weighted by molar-refractivity contribution is -0.140. The average Bonchev–Trinajstić information content (AvgIpc) is 2.61. The number of sulfonamides is 1. The van der Waals surface area contributed by atoms with Crippen molar-refractivity contribution in [3.05, 3.63) is 29.8 Å². The predicted octanol–water partition coefficient (Wildman–Crippen LogP) is 1.70. The van der Waals surface area contributed by atoms with Crippen molar-refractivity contribution in [3.8, 4) is 0 Å². The number of hydrogen-bond acceptors (Lipinski definition) is 4. The molecule has 0 bridgehead atoms. The van der Waals surface area contributed by atoms with Crippen LogP contribution in [0, 0.1) is 0 Å². The zero-order valence-electron chi connectivity index (χ0n) is 13.9. The molecule has 1 fully saturated rings. The number of piperidine rings is 1. The maximum Gasteiger partial charge on any atom is 0.326 e. The average molecular weight is 390 g/mol. The molecule has 1 heterocycles. The molecule has 0 aromatic heterocycles. The maximum absolute atomic E-state index is 12.8. The first-order valence-corrected chi connectivity index (χ1v) is 9.58. The van der Waals surface area contributed by atoms with Crippen LogP contribution in [0.2, 0.25) is 0 Å². The lowest BCUT2D eigenvalue weighted by Crippen LogP contribution is -2.43. The Balaban J connectivity index is 2.30. The van der Waals surface area contributed by atoms with Crippen LogP contribution in [0.4, 0.5) is 8.78 Å². The first-order chi connectivity index (χ1) is 12.2. The standard InChI is InChI=1S/C16H20F2N2O5S/c17-14(18)10-12(16(22)23)19-15(21)11-6-2-3-7-13(11)26(24,25)20-8-4-1-5-9-20/h2-3,6-7,12,14H,1,4-5,8-10H2,(H,19,21)(H,22,23). The van der Waals surface area contributed by atoms with Crippen molar-refractivity contribution in [2.75, 3.05) is 13.1 Å². The summed E-state index contributed by atoms with van der Waals surface area (Å²) in [6.07, 6.45) is -1.65. The Bertz CT molecular complexity index is 764. The van der Waals surface area contributed by atoms with Gasteiger partial charge in [-0.15, -0.1) is 0 Å². The smallest absolute Gasteiger partial charge is 0.326 e. The number of aliphatic carboxylic acids is 1. The summed E-state index contributed by atoms with van der Waals surface area (Å²) in [6, 6.07) is 3.54. The van der Waals surface area contributed by atoms with Crippen molar-refractivity contribution in [1.29, 1.82) is 0 Å². The largest absolute Gasteiger partial charge is 0.480 e. The predicted molar refractivity (Wildman–Crippen MR) is 88.6 cm³/mol. The van der Waals surface area contributed by atoms with E-state index in [1.165, 1.54) is 28.6 Å². The second-order valence-corrected chi connectivity index (χ2v) is 7.86. The number of nitrogens with zero attached hydrogens (tertiary/aromatic N) is 1. The van der Waals surface area contributed by atoms with Crippen molar-refractivity contribution in [2.24, 2.45) is 0 Å². The van der Waals surface area contributed by atoms with Crippen LogP contribution in [0.25, 0.3) is 0 Å². The molecule has 1 aromatic carbocycles. The Morgan fingerprint density at radius 1 is 1.15 bits per heavy atom. The molecule has 1 atom stereocenters. The van der Waals surface area contributed by atoms with E-state index in [4.69, 9.17) is 5.11 Å². The number of carboxylic acids is 1. The highest BCUT2D eigenvalue weighted by Crippen LogP contribution is 2.23. The Labute approximate surface area is 150 Å². The zero-order valence-corrected chi connectivity index (χ0v) is 14.7. The molecule has 0 spiro atoms. The van der Waals surface area contributed by atoms with Gasteiger partial charge < -0.3 is 10.4 Å². The number of amides is 1. The molecule has 0 aliphatic carbocycles. The second kappa shape index (κ2) is 8.54. The summed E-state index contributed by atoms with van der Waals surface area (Å²) < 4.78 is 51.9. The molecule has 7 nitrogen and oxygen atoms in total. The van der Waals surface area contributed by atoms with Gasteiger partial charge in [-0.2, -0.15) is 4.31 Å². The summed E-state index contributed by atoms with van der Waals surface area (Å²) in [5, 5.41) is 11.0. The molecule has 1 saturated heterocycles. The molecule has 1 aromatic rings. The van der Waals surface area contributed by atoms with Crippen molar-refractivity contribution in [2.45, 2.75) is 43.0 Å². The summed E-state index contributed by atoms with van der Waals surface area (Å²) >= 11 is 0. The van der Waals surface area contributed by atoms with Gasteiger partial charge in [-0.05, 0) is 25.0 Å². The van der Waals surface area contributed by atoms with Crippen molar-refractivity contribution >= 4 is 21.9 Å². The van der Waals surface area contributed by atoms with E-state index in [1.54, 1.807) is 0 Å². The normalized spacial score (nSPS) is 17.0. The highest BCUT2D eigenvalue weighted by Gasteiger charge is 2.31. The molecule has 1 aliphatic rings. The van der Waals surface area contributed by atoms with Gasteiger partial charge in [-0.3, -0.25) is 4.79 Å². The molecule has 26 heavy (non-hydrogen) atoms. The Morgan fingerprint density at radius 3 is 2.35 bits per heavy atom. The molecule has 1 unspecified atom stereocenters. The second-order valence-electron chi connectivity index (χ2n) is 5.95. The van der Waals surface area contributed by atoms with Crippen LogP contribution in [0.3, 0.4) is 0 Å². The van der Waals surface area contributed by atoms with Crippen LogP contribution in [-0.2, 0) is 14.8 Å². The van der Waals surface area contributed by atoms with Gasteiger partial charge in [0.2, 0.25) is 16.4 Å². The molecule has 2 rings (SSSR count). The Morgan fingerprint density at radius 2 is 1.77 bits per heavy atom. The highest BCUT2D eigenvalue weighted by molar-refractivity contribution is 7.89. The molecule has 1 aliphatic heterocycles. The third-order valence-corrected chi connectivity index (χ3v) is 6.04. The van der Waals surface area contributed by atoms with Gasteiger partial charge in [0.05, 0.1) is 10.5 Å². The molecule has 2 N–H and O–H groups in total. The number of carboxylic acid groups (broad SMARTS) is 1. The van der Waals surface area contributed by atoms with E-state index in [0.717, 1.165) is 6.42 Å². The number of nitrogens with one attached hydrogen (secondary N) is 1. The molecule has 1 amide bonds. The van der Waals surface area contributed by atoms with E-state index in [2.05, 4.69) is 0 Å². The summed E-state index contributed by atoms with van der Waals surface area (Å²) in [7, 11) is -3.94. The Kier molecular flexibility index (Phi) is 6.65. The Hall–Kier alpha value is -2.07. The summed E-state index contributed by atoms with van der Waals surface area (Å²) in [5.74, 6) is -2.63. The molecular weight excluding hydrogens is 370 g/mol. The van der Waals surface area contributed by atoms with E-state index in [1.807, 2.05) is 5.32 Å². The molecular formula is C16H20F2N2O5S. The minimum atomic E-state index is -3.94. The third kappa shape index (κ3) is 4.76. The van der Waals surface area contributed by atoms with E-state index >= 15 is 0 Å². The minimum Gasteiger partial charge on any atom is -0.480 e. The number of rotatable bonds is 7. The van der Waals surface area contributed by atoms with E-state index in [0.29, 0.717) is 25.9 Å². The summed E-state index contributed by atoms with van der Waals surface area (Å²) in [4.78, 5) is 23.2. The van der Waals surface area contributed by atoms with Gasteiger partial charge in [0, 0.05) is 19.5 Å². The monoisotopic (exact) mass is 390 g/mol. The number of benzene rings is 1. The molecule has 144 valence electrons. The van der Waals surface area contributed by atoms with Gasteiger partial charge in [-0.25, -0.2) is 22.0 Å². The van der Waals surface area contributed by atoms with E-state index in [9.17, 15) is 26.8 Å². The number of alkyl halides is 2. The summed E-state index contributed by atoms with van der Waals surface area (Å²) in [5.41, 5.74) is -0.265. The van der Waals surface area contributed by atoms with Gasteiger partial charge in [0.25, 0.3) is 5.91 Å². The zero-order chi connectivity index (χ0) is 19.3. The van der Waals surface area contributed by atoms with Gasteiger partial charge >= 0.3 is 5.97 Å². The van der Waals surface area contributed by atoms with Crippen LogP contribution in [-0.4, -0.2) is 55.3 Å². The van der Waals surface area contributed by atoms with Crippen LogP contribution in [0.15, 0.2) is 29.2 Å². The lowest BCUT2D eigenvalue weighted by Gasteiger charge is -2.26. The van der Waals surface area contributed by atoms with Crippen LogP contribution in [0.5, 0.6) is 0 Å². The third-order valence-electron chi connectivity index (χ3n) is 4.08. The topological polar surface area (TPSA) is 104 Å². The van der Waals surface area contributed by atoms with Gasteiger partial charge in [0.1, 0.15) is 6.04 Å². The van der Waals surface area contributed by atoms with Gasteiger partial charge in [-0.1, -0.05) is 18.6 Å². The van der Waals surface area contributed by atoms with Gasteiger partial charge in [0.15, 0.2) is 0 Å². The fourth-order valence-corrected chi connectivity index (χ4v) is 4.47. The number of halogens is 2. The lowest BCUT2D eigenvalue weighted by atomic mass is 10.1. The molecule has 0 radical (unpaired) electrons. The van der Waals surface area contributed by atoms with Crippen LogP contribution in [0.1, 0.15) is 36.0 Å². The van der Waals surface area contributed by atoms with Crippen LogP contribution >= 0.6 is 0 Å². The quantitative estimate of drug-likeness (QED) is 0.738. The molecule has 0 saturated carbocycles. The molecule has 10 heteroatoms. The van der Waals surface area contributed by atoms with Crippen molar-refractivity contribution in [3.63, 3.8) is 0 Å². The fourth-order valence-electron chi connectivity index (χ4n) is 2.76. The number of carbonyl (C=O) groups is 2. The van der Waals surface area contributed by atoms with E-state index < -0.39 is 40.8 Å². The highest BCUT2D eigenvalue weighted by atomic mass is 32.2. The first kappa shape index (κ1) is 20.2. The fraction of sp³-hybridized carbons (Fsp3) is 0.500. The number of hydrogen-bond donors (Lipinski definition) is 2. The van der Waals surface area contributed by atoms with Crippen molar-refractivity contribution < 1.29 is 31.9 Å². The maximum atomic E-state index is 12.8.